The molecule has 1 saturated heterocycles. The minimum atomic E-state index is -4.70. The smallest absolute Gasteiger partial charge is 0.451 e. The summed E-state index contributed by atoms with van der Waals surface area (Å²) >= 11 is 1.20. The Bertz CT molecular complexity index is 1320. The molecule has 2 N–H and O–H groups in total. The van der Waals surface area contributed by atoms with E-state index in [1.54, 1.807) is 13.1 Å². The molecule has 1 fully saturated rings. The summed E-state index contributed by atoms with van der Waals surface area (Å²) in [6, 6.07) is 2.56. The Morgan fingerprint density at radius 3 is 2.61 bits per heavy atom. The highest BCUT2D eigenvalue weighted by molar-refractivity contribution is 7.14. The molecule has 1 aliphatic heterocycles. The molecule has 10 nitrogen and oxygen atoms in total. The predicted molar refractivity (Wildman–Crippen MR) is 125 cm³/mol. The number of ether oxygens (including phenoxy) is 2. The molecular formula is C23H21F4N5O5S. The molecule has 0 bridgehead atoms. The largest absolute Gasteiger partial charge is 0.491 e. The average molecular weight is 556 g/mol. The van der Waals surface area contributed by atoms with Gasteiger partial charge in [0.05, 0.1) is 24.3 Å². The summed E-state index contributed by atoms with van der Waals surface area (Å²) in [5.41, 5.74) is -0.192. The van der Waals surface area contributed by atoms with E-state index in [-0.39, 0.29) is 55.3 Å². The molecule has 202 valence electrons. The van der Waals surface area contributed by atoms with Gasteiger partial charge in [-0.05, 0) is 19.1 Å². The van der Waals surface area contributed by atoms with Crippen LogP contribution in [0.15, 0.2) is 30.7 Å². The Kier molecular flexibility index (Phi) is 8.06. The van der Waals surface area contributed by atoms with Crippen LogP contribution in [0.3, 0.4) is 0 Å². The number of aryl methyl sites for hydroxylation is 1. The molecule has 1 atom stereocenters. The number of carbonyl (C=O) groups excluding carboxylic acids is 1. The molecule has 1 aliphatic rings. The Labute approximate surface area is 217 Å². The van der Waals surface area contributed by atoms with E-state index < -0.39 is 35.9 Å². The van der Waals surface area contributed by atoms with Gasteiger partial charge < -0.3 is 24.8 Å². The molecule has 0 unspecified atom stereocenters. The van der Waals surface area contributed by atoms with Gasteiger partial charge in [0, 0.05) is 42.1 Å². The fourth-order valence-corrected chi connectivity index (χ4v) is 4.31. The maximum Gasteiger partial charge on any atom is 0.451 e. The normalized spacial score (nSPS) is 15.8. The number of carbonyl (C=O) groups is 2. The number of nitrogens with one attached hydrogen (secondary N) is 1. The lowest BCUT2D eigenvalue weighted by molar-refractivity contribution is -0.145. The van der Waals surface area contributed by atoms with Crippen molar-refractivity contribution in [2.45, 2.75) is 25.7 Å². The fraction of sp³-hybridized carbons (Fsp3) is 0.348. The molecule has 4 rings (SSSR count). The summed E-state index contributed by atoms with van der Waals surface area (Å²) in [5, 5.41) is 11.9. The van der Waals surface area contributed by atoms with Crippen molar-refractivity contribution in [2.75, 3.05) is 26.3 Å². The van der Waals surface area contributed by atoms with E-state index >= 15 is 4.39 Å². The van der Waals surface area contributed by atoms with Gasteiger partial charge in [-0.25, -0.2) is 24.1 Å². The molecule has 0 aliphatic carbocycles. The number of amides is 2. The van der Waals surface area contributed by atoms with E-state index in [9.17, 15) is 27.9 Å². The Balaban J connectivity index is 1.53. The van der Waals surface area contributed by atoms with E-state index in [0.29, 0.717) is 5.01 Å². The zero-order valence-corrected chi connectivity index (χ0v) is 20.6. The second kappa shape index (κ2) is 11.3. The minimum Gasteiger partial charge on any atom is -0.491 e. The van der Waals surface area contributed by atoms with Gasteiger partial charge in [-0.1, -0.05) is 0 Å². The van der Waals surface area contributed by atoms with Crippen LogP contribution in [-0.4, -0.2) is 69.4 Å². The van der Waals surface area contributed by atoms with E-state index in [1.807, 2.05) is 0 Å². The predicted octanol–water partition coefficient (Wildman–Crippen LogP) is 3.75. The van der Waals surface area contributed by atoms with Gasteiger partial charge in [0.2, 0.25) is 5.82 Å². The second-order valence-corrected chi connectivity index (χ2v) is 9.47. The van der Waals surface area contributed by atoms with Gasteiger partial charge in [0.25, 0.3) is 5.91 Å². The van der Waals surface area contributed by atoms with Crippen LogP contribution in [-0.2, 0) is 17.5 Å². The third-order valence-electron chi connectivity index (χ3n) is 5.40. The zero-order chi connectivity index (χ0) is 27.4. The molecule has 3 aromatic rings. The first kappa shape index (κ1) is 27.2. The number of aromatic nitrogens is 3. The van der Waals surface area contributed by atoms with E-state index in [0.717, 1.165) is 17.3 Å². The van der Waals surface area contributed by atoms with Gasteiger partial charge in [-0.2, -0.15) is 13.2 Å². The lowest BCUT2D eigenvalue weighted by Crippen LogP contribution is -2.47. The first-order valence-electron chi connectivity index (χ1n) is 11.2. The zero-order valence-electron chi connectivity index (χ0n) is 19.8. The third-order valence-corrected chi connectivity index (χ3v) is 6.35. The number of hydrogen-bond acceptors (Lipinski definition) is 8. The Morgan fingerprint density at radius 2 is 1.97 bits per heavy atom. The van der Waals surface area contributed by atoms with Gasteiger partial charge >= 0.3 is 12.3 Å². The van der Waals surface area contributed by atoms with Crippen molar-refractivity contribution in [1.82, 2.24) is 25.2 Å². The lowest BCUT2D eigenvalue weighted by atomic mass is 10.1. The molecule has 38 heavy (non-hydrogen) atoms. The van der Waals surface area contributed by atoms with E-state index in [1.165, 1.54) is 28.4 Å². The Morgan fingerprint density at radius 1 is 1.24 bits per heavy atom. The number of halogens is 4. The standard InChI is InChI=1S/C23H21F4N5O5S/c1-12-6-29-20(38-12)17-5-14(37-11-15-10-32(22(34)35)2-3-36-15)4-16(18(17)24)19(33)28-7-13-8-30-21(31-9-13)23(25,26)27/h4-6,8-9,15H,2-3,7,10-11H2,1H3,(H,28,33)(H,34,35)/t15-/m1/s1. The van der Waals surface area contributed by atoms with Crippen LogP contribution < -0.4 is 10.1 Å². The first-order chi connectivity index (χ1) is 18.0. The highest BCUT2D eigenvalue weighted by Gasteiger charge is 2.34. The van der Waals surface area contributed by atoms with Crippen LogP contribution in [0.2, 0.25) is 0 Å². The van der Waals surface area contributed by atoms with Crippen molar-refractivity contribution in [3.05, 3.63) is 58.4 Å². The lowest BCUT2D eigenvalue weighted by Gasteiger charge is -2.30. The van der Waals surface area contributed by atoms with Crippen molar-refractivity contribution in [2.24, 2.45) is 0 Å². The monoisotopic (exact) mass is 555 g/mol. The fourth-order valence-electron chi connectivity index (χ4n) is 3.53. The number of nitrogens with zero attached hydrogens (tertiary/aromatic N) is 4. The average Bonchev–Trinajstić information content (AvgIpc) is 3.32. The number of hydrogen-bond donors (Lipinski definition) is 2. The minimum absolute atomic E-state index is 0.0142. The highest BCUT2D eigenvalue weighted by Crippen LogP contribution is 2.33. The van der Waals surface area contributed by atoms with Crippen LogP contribution in [0.25, 0.3) is 10.6 Å². The molecule has 0 spiro atoms. The number of alkyl halides is 3. The van der Waals surface area contributed by atoms with Gasteiger partial charge in [0.1, 0.15) is 29.3 Å². The molecule has 2 amide bonds. The number of thiazole rings is 1. The second-order valence-electron chi connectivity index (χ2n) is 8.24. The number of rotatable bonds is 7. The molecule has 3 heterocycles. The van der Waals surface area contributed by atoms with Crippen molar-refractivity contribution in [3.8, 4) is 16.3 Å². The van der Waals surface area contributed by atoms with Crippen molar-refractivity contribution in [3.63, 3.8) is 0 Å². The molecular weight excluding hydrogens is 534 g/mol. The number of carboxylic acid groups (broad SMARTS) is 1. The summed E-state index contributed by atoms with van der Waals surface area (Å²) < 4.78 is 64.7. The highest BCUT2D eigenvalue weighted by atomic mass is 32.1. The van der Waals surface area contributed by atoms with Crippen LogP contribution in [0.5, 0.6) is 5.75 Å². The Hall–Kier alpha value is -3.85. The van der Waals surface area contributed by atoms with Gasteiger partial charge in [-0.3, -0.25) is 4.79 Å². The topological polar surface area (TPSA) is 127 Å². The summed E-state index contributed by atoms with van der Waals surface area (Å²) in [4.78, 5) is 36.8. The van der Waals surface area contributed by atoms with Crippen molar-refractivity contribution < 1.29 is 41.7 Å². The summed E-state index contributed by atoms with van der Waals surface area (Å²) in [6.07, 6.45) is -2.98. The summed E-state index contributed by atoms with van der Waals surface area (Å²) in [6.45, 7) is 1.97. The van der Waals surface area contributed by atoms with Crippen LogP contribution >= 0.6 is 11.3 Å². The number of benzene rings is 1. The van der Waals surface area contributed by atoms with Gasteiger partial charge in [0.15, 0.2) is 0 Å². The van der Waals surface area contributed by atoms with E-state index in [2.05, 4.69) is 20.3 Å². The van der Waals surface area contributed by atoms with E-state index in [4.69, 9.17) is 9.47 Å². The van der Waals surface area contributed by atoms with Crippen LogP contribution in [0.4, 0.5) is 22.4 Å². The quantitative estimate of drug-likeness (QED) is 0.422. The maximum absolute atomic E-state index is 15.4. The summed E-state index contributed by atoms with van der Waals surface area (Å²) in [5.74, 6) is -2.92. The molecule has 2 aromatic heterocycles. The van der Waals surface area contributed by atoms with Crippen molar-refractivity contribution in [1.29, 1.82) is 0 Å². The van der Waals surface area contributed by atoms with Crippen LogP contribution in [0.1, 0.15) is 26.6 Å². The summed E-state index contributed by atoms with van der Waals surface area (Å²) in [7, 11) is 0. The van der Waals surface area contributed by atoms with Crippen molar-refractivity contribution >= 4 is 23.3 Å². The number of morpholine rings is 1. The maximum atomic E-state index is 15.4. The SMILES string of the molecule is Cc1cnc(-c2cc(OC[C@H]3CN(C(=O)O)CCO3)cc(C(=O)NCc3cnc(C(F)(F)F)nc3)c2F)s1. The molecule has 1 aromatic carbocycles. The molecule has 0 radical (unpaired) electrons. The van der Waals surface area contributed by atoms with Gasteiger partial charge in [-0.15, -0.1) is 11.3 Å². The first-order valence-corrected chi connectivity index (χ1v) is 12.0. The molecule has 15 heteroatoms. The van der Waals surface area contributed by atoms with Crippen LogP contribution in [0, 0.1) is 12.7 Å². The molecule has 0 saturated carbocycles. The third kappa shape index (κ3) is 6.52.